The number of nitrogens with zero attached hydrogens (tertiary/aromatic N) is 2. The molecule has 1 spiro atoms. The molecule has 4 unspecified atom stereocenters. The number of para-hydroxylation sites is 1. The lowest BCUT2D eigenvalue weighted by Crippen LogP contribution is -2.54. The van der Waals surface area contributed by atoms with E-state index in [2.05, 4.69) is 5.32 Å². The van der Waals surface area contributed by atoms with Gasteiger partial charge in [0.2, 0.25) is 11.8 Å². The summed E-state index contributed by atoms with van der Waals surface area (Å²) in [5, 5.41) is 5.15. The maximum Gasteiger partial charge on any atom is 0.253 e. The van der Waals surface area contributed by atoms with Gasteiger partial charge in [-0.1, -0.05) is 66.7 Å². The molecule has 1 N–H and O–H groups in total. The van der Waals surface area contributed by atoms with Gasteiger partial charge in [-0.15, -0.1) is 0 Å². The zero-order valence-electron chi connectivity index (χ0n) is 20.6. The molecular weight excluding hydrogens is 481 g/mol. The predicted octanol–water partition coefficient (Wildman–Crippen LogP) is 4.52. The van der Waals surface area contributed by atoms with Gasteiger partial charge in [0, 0.05) is 22.7 Å². The number of benzene rings is 4. The largest absolute Gasteiger partial charge is 0.306 e. The summed E-state index contributed by atoms with van der Waals surface area (Å²) < 4.78 is 13.5. The Morgan fingerprint density at radius 2 is 1.50 bits per heavy atom. The van der Waals surface area contributed by atoms with E-state index in [0.717, 1.165) is 16.3 Å². The first-order chi connectivity index (χ1) is 18.4. The second kappa shape index (κ2) is 8.07. The molecule has 7 heteroatoms. The van der Waals surface area contributed by atoms with Gasteiger partial charge in [-0.05, 0) is 42.1 Å². The third-order valence-electron chi connectivity index (χ3n) is 8.28. The van der Waals surface area contributed by atoms with E-state index in [1.54, 1.807) is 23.1 Å². The zero-order valence-corrected chi connectivity index (χ0v) is 20.6. The van der Waals surface area contributed by atoms with E-state index in [9.17, 15) is 18.8 Å². The molecule has 2 fully saturated rings. The van der Waals surface area contributed by atoms with Crippen LogP contribution in [0.15, 0.2) is 91.0 Å². The van der Waals surface area contributed by atoms with Crippen LogP contribution in [0.5, 0.6) is 0 Å². The first-order valence-corrected chi connectivity index (χ1v) is 12.7. The second-order valence-electron chi connectivity index (χ2n) is 10.3. The Morgan fingerprint density at radius 1 is 0.816 bits per heavy atom. The molecule has 3 amide bonds. The minimum absolute atomic E-state index is 0.223. The Hall–Kier alpha value is -4.36. The molecule has 4 atom stereocenters. The lowest BCUT2D eigenvalue weighted by Gasteiger charge is -2.30. The lowest BCUT2D eigenvalue weighted by molar-refractivity contribution is -0.132. The first-order valence-electron chi connectivity index (χ1n) is 12.7. The molecule has 7 rings (SSSR count). The Morgan fingerprint density at radius 3 is 2.32 bits per heavy atom. The minimum Gasteiger partial charge on any atom is -0.306 e. The summed E-state index contributed by atoms with van der Waals surface area (Å²) in [6.07, 6.45) is 0. The number of hydrogen-bond donors (Lipinski definition) is 1. The summed E-state index contributed by atoms with van der Waals surface area (Å²) in [5.41, 5.74) is 1.31. The molecule has 4 aromatic carbocycles. The number of carbonyl (C=O) groups is 3. The number of carbonyl (C=O) groups excluding carboxylic acids is 3. The van der Waals surface area contributed by atoms with Crippen LogP contribution < -0.4 is 15.1 Å². The second-order valence-corrected chi connectivity index (χ2v) is 10.3. The van der Waals surface area contributed by atoms with E-state index in [-0.39, 0.29) is 30.1 Å². The molecule has 4 aromatic rings. The monoisotopic (exact) mass is 505 g/mol. The summed E-state index contributed by atoms with van der Waals surface area (Å²) in [7, 11) is 0. The van der Waals surface area contributed by atoms with Gasteiger partial charge in [0.25, 0.3) is 5.91 Å². The Balaban J connectivity index is 1.35. The van der Waals surface area contributed by atoms with E-state index in [0.29, 0.717) is 16.9 Å². The number of anilines is 2. The number of halogens is 1. The number of rotatable bonds is 3. The molecule has 0 aromatic heterocycles. The van der Waals surface area contributed by atoms with Gasteiger partial charge >= 0.3 is 0 Å². The van der Waals surface area contributed by atoms with Crippen LogP contribution in [-0.4, -0.2) is 23.8 Å². The lowest BCUT2D eigenvalue weighted by atomic mass is 9.76. The molecule has 2 saturated heterocycles. The smallest absolute Gasteiger partial charge is 0.253 e. The summed E-state index contributed by atoms with van der Waals surface area (Å²) in [4.78, 5) is 45.5. The van der Waals surface area contributed by atoms with E-state index in [1.165, 1.54) is 17.0 Å². The van der Waals surface area contributed by atoms with Crippen molar-refractivity contribution in [1.29, 1.82) is 0 Å². The van der Waals surface area contributed by atoms with Crippen LogP contribution in [0.25, 0.3) is 10.8 Å². The number of hydrogen-bond acceptors (Lipinski definition) is 4. The maximum absolute atomic E-state index is 14.4. The average Bonchev–Trinajstić information content (AvgIpc) is 3.48. The van der Waals surface area contributed by atoms with Gasteiger partial charge in [0.1, 0.15) is 11.4 Å². The van der Waals surface area contributed by atoms with Crippen molar-refractivity contribution < 1.29 is 18.8 Å². The normalized spacial score (nSPS) is 26.1. The molecule has 6 nitrogen and oxygen atoms in total. The summed E-state index contributed by atoms with van der Waals surface area (Å²) in [6, 6.07) is 26.2. The van der Waals surface area contributed by atoms with Crippen molar-refractivity contribution >= 4 is 39.9 Å². The van der Waals surface area contributed by atoms with Crippen LogP contribution in [0.1, 0.15) is 18.1 Å². The first kappa shape index (κ1) is 22.8. The minimum atomic E-state index is -1.37. The van der Waals surface area contributed by atoms with Gasteiger partial charge in [-0.2, -0.15) is 0 Å². The van der Waals surface area contributed by atoms with Crippen molar-refractivity contribution in [2.75, 3.05) is 9.80 Å². The molecule has 38 heavy (non-hydrogen) atoms. The van der Waals surface area contributed by atoms with Crippen molar-refractivity contribution in [2.24, 2.45) is 11.8 Å². The Labute approximate surface area is 218 Å². The molecule has 3 heterocycles. The molecule has 3 aliphatic heterocycles. The fraction of sp³-hybridized carbons (Fsp3) is 0.194. The number of amides is 3. The van der Waals surface area contributed by atoms with E-state index in [1.807, 2.05) is 67.6 Å². The van der Waals surface area contributed by atoms with Crippen LogP contribution in [0.4, 0.5) is 15.8 Å². The van der Waals surface area contributed by atoms with Gasteiger partial charge in [0.15, 0.2) is 0 Å². The molecule has 0 radical (unpaired) electrons. The van der Waals surface area contributed by atoms with Gasteiger partial charge in [-0.25, -0.2) is 9.29 Å². The molecule has 0 aliphatic carbocycles. The van der Waals surface area contributed by atoms with Gasteiger partial charge in [0.05, 0.1) is 24.1 Å². The van der Waals surface area contributed by atoms with Crippen molar-refractivity contribution in [3.63, 3.8) is 0 Å². The Kier molecular flexibility index (Phi) is 4.84. The summed E-state index contributed by atoms with van der Waals surface area (Å²) in [6.45, 7) is 2.09. The number of nitrogens with one attached hydrogen (secondary N) is 1. The molecule has 0 bridgehead atoms. The average molecular weight is 506 g/mol. The van der Waals surface area contributed by atoms with E-state index in [4.69, 9.17) is 0 Å². The molecular formula is C31H24FN3O3. The van der Waals surface area contributed by atoms with Crippen LogP contribution in [0.3, 0.4) is 0 Å². The highest BCUT2D eigenvalue weighted by Crippen LogP contribution is 2.55. The van der Waals surface area contributed by atoms with E-state index >= 15 is 0 Å². The van der Waals surface area contributed by atoms with Crippen molar-refractivity contribution in [2.45, 2.75) is 25.0 Å². The fourth-order valence-corrected chi connectivity index (χ4v) is 6.68. The van der Waals surface area contributed by atoms with Crippen LogP contribution >= 0.6 is 0 Å². The van der Waals surface area contributed by atoms with Crippen molar-refractivity contribution in [3.05, 3.63) is 108 Å². The maximum atomic E-state index is 14.4. The van der Waals surface area contributed by atoms with Crippen molar-refractivity contribution in [1.82, 2.24) is 5.32 Å². The highest BCUT2D eigenvalue weighted by Gasteiger charge is 2.71. The number of imide groups is 1. The Bertz CT molecular complexity index is 1650. The SMILES string of the molecule is CC1NC2(C(=O)N(Cc3ccc(F)cc3)c3ccccc32)C2C(=O)N(c3cccc4ccccc34)C(=O)C12. The topological polar surface area (TPSA) is 69.7 Å². The molecule has 188 valence electrons. The molecule has 0 saturated carbocycles. The standard InChI is InChI=1S/C31H24FN3O3/c1-18-26-27(29(37)35(28(26)36)24-12-6-8-20-7-2-3-9-22(20)24)31(33-18)23-10-4-5-11-25(23)34(30(31)38)17-19-13-15-21(32)16-14-19/h2-16,18,26-27,33H,17H2,1H3. The highest BCUT2D eigenvalue weighted by atomic mass is 19.1. The van der Waals surface area contributed by atoms with Gasteiger partial charge < -0.3 is 4.90 Å². The highest BCUT2D eigenvalue weighted by molar-refractivity contribution is 6.28. The molecule has 3 aliphatic rings. The third-order valence-corrected chi connectivity index (χ3v) is 8.28. The fourth-order valence-electron chi connectivity index (χ4n) is 6.68. The summed E-state index contributed by atoms with van der Waals surface area (Å²) >= 11 is 0. The van der Waals surface area contributed by atoms with Crippen molar-refractivity contribution in [3.8, 4) is 0 Å². The van der Waals surface area contributed by atoms with Gasteiger partial charge in [-0.3, -0.25) is 19.7 Å². The van der Waals surface area contributed by atoms with Crippen LogP contribution in [-0.2, 0) is 26.5 Å². The van der Waals surface area contributed by atoms with Crippen LogP contribution in [0.2, 0.25) is 0 Å². The van der Waals surface area contributed by atoms with Crippen LogP contribution in [0, 0.1) is 17.7 Å². The quantitative estimate of drug-likeness (QED) is 0.416. The third kappa shape index (κ3) is 2.93. The van der Waals surface area contributed by atoms with E-state index < -0.39 is 23.4 Å². The zero-order chi connectivity index (χ0) is 26.2. The predicted molar refractivity (Wildman–Crippen MR) is 142 cm³/mol. The summed E-state index contributed by atoms with van der Waals surface area (Å²) in [5.74, 6) is -2.88. The number of fused-ring (bicyclic) bond motifs is 5.